The third-order valence-corrected chi connectivity index (χ3v) is 3.88. The maximum Gasteiger partial charge on any atom is 0.111 e. The summed E-state index contributed by atoms with van der Waals surface area (Å²) in [5.41, 5.74) is 8.03. The molecule has 1 unspecified atom stereocenters. The van der Waals surface area contributed by atoms with Crippen LogP contribution in [0.3, 0.4) is 0 Å². The molecule has 0 aliphatic heterocycles. The topological polar surface area (TPSA) is 54.7 Å². The molecule has 0 aliphatic rings. The van der Waals surface area contributed by atoms with Crippen LogP contribution in [0.1, 0.15) is 25.6 Å². The van der Waals surface area contributed by atoms with Crippen molar-refractivity contribution in [1.82, 2.24) is 9.97 Å². The van der Waals surface area contributed by atoms with Crippen LogP contribution in [0.25, 0.3) is 11.3 Å². The Morgan fingerprint density at radius 3 is 2.50 bits per heavy atom. The zero-order chi connectivity index (χ0) is 13.1. The Labute approximate surface area is 121 Å². The normalized spacial score (nSPS) is 12.9. The molecule has 1 heterocycles. The van der Waals surface area contributed by atoms with Gasteiger partial charge in [-0.25, -0.2) is 4.98 Å². The molecule has 0 radical (unpaired) electrons. The van der Waals surface area contributed by atoms with Gasteiger partial charge in [0.1, 0.15) is 5.82 Å². The number of nitrogens with one attached hydrogen (secondary N) is 1. The third kappa shape index (κ3) is 2.92. The summed E-state index contributed by atoms with van der Waals surface area (Å²) in [7, 11) is 0. The van der Waals surface area contributed by atoms with Gasteiger partial charge in [-0.2, -0.15) is 0 Å². The molecule has 4 heteroatoms. The first kappa shape index (κ1) is 13.5. The highest BCUT2D eigenvalue weighted by Gasteiger charge is 2.17. The van der Waals surface area contributed by atoms with Crippen LogP contribution in [-0.4, -0.2) is 16.5 Å². The van der Waals surface area contributed by atoms with E-state index in [1.807, 2.05) is 6.20 Å². The molecule has 18 heavy (non-hydrogen) atoms. The first-order valence-electron chi connectivity index (χ1n) is 6.12. The number of imidazole rings is 1. The van der Waals surface area contributed by atoms with E-state index in [2.05, 4.69) is 70.7 Å². The quantitative estimate of drug-likeness (QED) is 0.827. The molecule has 0 spiro atoms. The van der Waals surface area contributed by atoms with Gasteiger partial charge in [-0.3, -0.25) is 0 Å². The molecule has 3 nitrogen and oxygen atoms in total. The van der Waals surface area contributed by atoms with Crippen molar-refractivity contribution in [3.63, 3.8) is 0 Å². The first-order valence-corrected chi connectivity index (χ1v) is 7.20. The van der Waals surface area contributed by atoms with Gasteiger partial charge in [-0.15, -0.1) is 0 Å². The molecule has 2 rings (SSSR count). The van der Waals surface area contributed by atoms with Gasteiger partial charge < -0.3 is 10.7 Å². The van der Waals surface area contributed by atoms with Crippen LogP contribution in [0.5, 0.6) is 0 Å². The molecule has 0 saturated carbocycles. The Kier molecular flexibility index (Phi) is 4.40. The number of aromatic amines is 1. The van der Waals surface area contributed by atoms with Gasteiger partial charge in [-0.1, -0.05) is 26.0 Å². The van der Waals surface area contributed by atoms with E-state index in [0.717, 1.165) is 17.1 Å². The second kappa shape index (κ2) is 5.84. The second-order valence-corrected chi connectivity index (χ2v) is 6.02. The molecular formula is C14H18IN3. The Hall–Kier alpha value is -0.880. The van der Waals surface area contributed by atoms with Gasteiger partial charge >= 0.3 is 0 Å². The molecule has 0 bridgehead atoms. The highest BCUT2D eigenvalue weighted by atomic mass is 127. The lowest BCUT2D eigenvalue weighted by atomic mass is 9.95. The largest absolute Gasteiger partial charge is 0.342 e. The SMILES string of the molecule is CC(C)C(CN)c1ncc(-c2ccc(I)cc2)[nH]1. The molecule has 0 fully saturated rings. The Bertz CT molecular complexity index is 502. The number of nitrogens with zero attached hydrogens (tertiary/aromatic N) is 1. The average molecular weight is 355 g/mol. The van der Waals surface area contributed by atoms with Gasteiger partial charge in [0.15, 0.2) is 0 Å². The van der Waals surface area contributed by atoms with Gasteiger partial charge in [-0.05, 0) is 46.2 Å². The number of aromatic nitrogens is 2. The number of hydrogen-bond donors (Lipinski definition) is 2. The lowest BCUT2D eigenvalue weighted by Crippen LogP contribution is -2.19. The molecule has 2 aromatic rings. The van der Waals surface area contributed by atoms with Gasteiger partial charge in [0.05, 0.1) is 11.9 Å². The fourth-order valence-corrected chi connectivity index (χ4v) is 2.36. The van der Waals surface area contributed by atoms with Crippen LogP contribution in [0, 0.1) is 9.49 Å². The summed E-state index contributed by atoms with van der Waals surface area (Å²) >= 11 is 2.30. The van der Waals surface area contributed by atoms with Crippen LogP contribution in [0.15, 0.2) is 30.5 Å². The van der Waals surface area contributed by atoms with Crippen molar-refractivity contribution in [2.75, 3.05) is 6.54 Å². The van der Waals surface area contributed by atoms with Crippen LogP contribution < -0.4 is 5.73 Å². The van der Waals surface area contributed by atoms with Crippen LogP contribution >= 0.6 is 22.6 Å². The van der Waals surface area contributed by atoms with Crippen molar-refractivity contribution in [3.8, 4) is 11.3 Å². The Morgan fingerprint density at radius 1 is 1.28 bits per heavy atom. The highest BCUT2D eigenvalue weighted by molar-refractivity contribution is 14.1. The monoisotopic (exact) mass is 355 g/mol. The summed E-state index contributed by atoms with van der Waals surface area (Å²) in [5, 5.41) is 0. The van der Waals surface area contributed by atoms with Gasteiger partial charge in [0.25, 0.3) is 0 Å². The molecule has 0 aliphatic carbocycles. The summed E-state index contributed by atoms with van der Waals surface area (Å²) in [6.07, 6.45) is 1.89. The van der Waals surface area contributed by atoms with Crippen molar-refractivity contribution in [3.05, 3.63) is 39.9 Å². The summed E-state index contributed by atoms with van der Waals surface area (Å²) < 4.78 is 1.23. The molecule has 0 saturated heterocycles. The minimum atomic E-state index is 0.294. The predicted molar refractivity (Wildman–Crippen MR) is 83.4 cm³/mol. The molecular weight excluding hydrogens is 337 g/mol. The van der Waals surface area contributed by atoms with Crippen molar-refractivity contribution in [2.24, 2.45) is 11.7 Å². The Morgan fingerprint density at radius 2 is 1.94 bits per heavy atom. The van der Waals surface area contributed by atoms with E-state index in [1.54, 1.807) is 0 Å². The van der Waals surface area contributed by atoms with E-state index in [-0.39, 0.29) is 0 Å². The molecule has 0 amide bonds. The van der Waals surface area contributed by atoms with E-state index in [9.17, 15) is 0 Å². The summed E-state index contributed by atoms with van der Waals surface area (Å²) in [6.45, 7) is 4.96. The summed E-state index contributed by atoms with van der Waals surface area (Å²) in [6, 6.07) is 8.40. The predicted octanol–water partition coefficient (Wildman–Crippen LogP) is 3.38. The lowest BCUT2D eigenvalue weighted by Gasteiger charge is -2.15. The minimum absolute atomic E-state index is 0.294. The summed E-state index contributed by atoms with van der Waals surface area (Å²) in [4.78, 5) is 7.86. The number of halogens is 1. The van der Waals surface area contributed by atoms with Crippen LogP contribution in [0.4, 0.5) is 0 Å². The van der Waals surface area contributed by atoms with E-state index < -0.39 is 0 Å². The number of hydrogen-bond acceptors (Lipinski definition) is 2. The standard InChI is InChI=1S/C14H18IN3/c1-9(2)12(7-16)14-17-8-13(18-14)10-3-5-11(15)6-4-10/h3-6,8-9,12H,7,16H2,1-2H3,(H,17,18). The molecule has 3 N–H and O–H groups in total. The van der Waals surface area contributed by atoms with E-state index >= 15 is 0 Å². The number of benzene rings is 1. The maximum atomic E-state index is 5.81. The van der Waals surface area contributed by atoms with E-state index in [4.69, 9.17) is 5.73 Å². The average Bonchev–Trinajstić information content (AvgIpc) is 2.80. The maximum absolute atomic E-state index is 5.81. The molecule has 1 atom stereocenters. The fourth-order valence-electron chi connectivity index (χ4n) is 2.00. The van der Waals surface area contributed by atoms with E-state index in [1.165, 1.54) is 3.57 Å². The van der Waals surface area contributed by atoms with Crippen LogP contribution in [0.2, 0.25) is 0 Å². The van der Waals surface area contributed by atoms with Crippen molar-refractivity contribution >= 4 is 22.6 Å². The van der Waals surface area contributed by atoms with Crippen molar-refractivity contribution < 1.29 is 0 Å². The van der Waals surface area contributed by atoms with Crippen molar-refractivity contribution in [1.29, 1.82) is 0 Å². The first-order chi connectivity index (χ1) is 8.61. The van der Waals surface area contributed by atoms with Gasteiger partial charge in [0, 0.05) is 16.0 Å². The number of rotatable bonds is 4. The molecule has 1 aromatic carbocycles. The fraction of sp³-hybridized carbons (Fsp3) is 0.357. The number of H-pyrrole nitrogens is 1. The highest BCUT2D eigenvalue weighted by Crippen LogP contribution is 2.24. The smallest absolute Gasteiger partial charge is 0.111 e. The Balaban J connectivity index is 2.27. The summed E-state index contributed by atoms with van der Waals surface area (Å²) in [5.74, 6) is 1.77. The zero-order valence-corrected chi connectivity index (χ0v) is 12.8. The lowest BCUT2D eigenvalue weighted by molar-refractivity contribution is 0.487. The zero-order valence-electron chi connectivity index (χ0n) is 10.7. The van der Waals surface area contributed by atoms with E-state index in [0.29, 0.717) is 18.4 Å². The van der Waals surface area contributed by atoms with Gasteiger partial charge in [0.2, 0.25) is 0 Å². The number of nitrogens with two attached hydrogens (primary N) is 1. The van der Waals surface area contributed by atoms with Crippen molar-refractivity contribution in [2.45, 2.75) is 19.8 Å². The van der Waals surface area contributed by atoms with Crippen LogP contribution in [-0.2, 0) is 0 Å². The minimum Gasteiger partial charge on any atom is -0.342 e. The third-order valence-electron chi connectivity index (χ3n) is 3.16. The second-order valence-electron chi connectivity index (χ2n) is 4.78. The molecule has 96 valence electrons. The molecule has 1 aromatic heterocycles.